The first-order valence-corrected chi connectivity index (χ1v) is 4.99. The van der Waals surface area contributed by atoms with E-state index < -0.39 is 0 Å². The van der Waals surface area contributed by atoms with Gasteiger partial charge in [-0.05, 0) is 6.07 Å². The normalized spacial score (nSPS) is 10.1. The summed E-state index contributed by atoms with van der Waals surface area (Å²) in [7, 11) is 0. The molecule has 0 radical (unpaired) electrons. The second-order valence-corrected chi connectivity index (χ2v) is 3.10. The summed E-state index contributed by atoms with van der Waals surface area (Å²) < 4.78 is 5.09. The molecule has 0 aromatic carbocycles. The number of amides is 1. The Hall–Kier alpha value is -1.66. The molecule has 0 atom stereocenters. The number of pyridine rings is 1. The van der Waals surface area contributed by atoms with Crippen molar-refractivity contribution in [3.05, 3.63) is 34.2 Å². The Bertz CT molecular complexity index is 389. The summed E-state index contributed by atoms with van der Waals surface area (Å²) in [6.45, 7) is 1.74. The molecule has 0 aliphatic rings. The molecule has 1 aromatic rings. The zero-order chi connectivity index (χ0) is 11.8. The van der Waals surface area contributed by atoms with Crippen LogP contribution in [-0.4, -0.2) is 37.2 Å². The number of H-pyrrole nitrogens is 1. The van der Waals surface area contributed by atoms with Crippen LogP contribution in [0.15, 0.2) is 23.1 Å². The predicted molar refractivity (Wildman–Crippen MR) is 59.3 cm³/mol. The van der Waals surface area contributed by atoms with Crippen LogP contribution in [-0.2, 0) is 4.74 Å². The van der Waals surface area contributed by atoms with E-state index in [1.165, 1.54) is 18.3 Å². The van der Waals surface area contributed by atoms with Crippen LogP contribution in [0.1, 0.15) is 10.4 Å². The van der Waals surface area contributed by atoms with Gasteiger partial charge in [0.1, 0.15) is 0 Å². The molecule has 6 nitrogen and oxygen atoms in total. The predicted octanol–water partition coefficient (Wildman–Crippen LogP) is -0.920. The number of nitrogens with two attached hydrogens (primary N) is 1. The van der Waals surface area contributed by atoms with Crippen molar-refractivity contribution in [1.82, 2.24) is 10.3 Å². The maximum atomic E-state index is 11.5. The summed E-state index contributed by atoms with van der Waals surface area (Å²) in [5.41, 5.74) is 5.26. The Morgan fingerprint density at radius 3 is 3.00 bits per heavy atom. The zero-order valence-corrected chi connectivity index (χ0v) is 8.86. The molecule has 0 aliphatic heterocycles. The molecule has 1 rings (SSSR count). The van der Waals surface area contributed by atoms with E-state index in [4.69, 9.17) is 10.5 Å². The van der Waals surface area contributed by atoms with E-state index in [0.29, 0.717) is 31.9 Å². The minimum atomic E-state index is -0.299. The lowest BCUT2D eigenvalue weighted by molar-refractivity contribution is 0.0919. The molecular formula is C10H15N3O3. The molecule has 1 heterocycles. The zero-order valence-electron chi connectivity index (χ0n) is 8.86. The molecule has 0 bridgehead atoms. The third-order valence-electron chi connectivity index (χ3n) is 1.83. The fourth-order valence-electron chi connectivity index (χ4n) is 1.11. The number of hydrogen-bond acceptors (Lipinski definition) is 4. The SMILES string of the molecule is NCCOCCNC(=O)c1cc[nH]c(=O)c1. The van der Waals surface area contributed by atoms with Gasteiger partial charge in [0.05, 0.1) is 13.2 Å². The first-order valence-electron chi connectivity index (χ1n) is 4.99. The number of rotatable bonds is 6. The van der Waals surface area contributed by atoms with Crippen LogP contribution in [0.5, 0.6) is 0 Å². The highest BCUT2D eigenvalue weighted by Crippen LogP contribution is 1.91. The van der Waals surface area contributed by atoms with E-state index in [1.54, 1.807) is 0 Å². The van der Waals surface area contributed by atoms with Gasteiger partial charge in [0.2, 0.25) is 5.56 Å². The maximum absolute atomic E-state index is 11.5. The fraction of sp³-hybridized carbons (Fsp3) is 0.400. The number of aromatic amines is 1. The highest BCUT2D eigenvalue weighted by molar-refractivity contribution is 5.93. The lowest BCUT2D eigenvalue weighted by atomic mass is 10.2. The Balaban J connectivity index is 2.33. The van der Waals surface area contributed by atoms with Gasteiger partial charge in [0, 0.05) is 30.9 Å². The number of aromatic nitrogens is 1. The van der Waals surface area contributed by atoms with Gasteiger partial charge in [-0.25, -0.2) is 0 Å². The summed E-state index contributed by atoms with van der Waals surface area (Å²) >= 11 is 0. The summed E-state index contributed by atoms with van der Waals surface area (Å²) in [5, 5.41) is 2.63. The van der Waals surface area contributed by atoms with E-state index in [1.807, 2.05) is 0 Å². The van der Waals surface area contributed by atoms with Gasteiger partial charge < -0.3 is 20.8 Å². The van der Waals surface area contributed by atoms with Crippen LogP contribution in [0.2, 0.25) is 0 Å². The largest absolute Gasteiger partial charge is 0.378 e. The lowest BCUT2D eigenvalue weighted by Gasteiger charge is -2.05. The van der Waals surface area contributed by atoms with Gasteiger partial charge in [-0.2, -0.15) is 0 Å². The van der Waals surface area contributed by atoms with E-state index in [-0.39, 0.29) is 11.5 Å². The van der Waals surface area contributed by atoms with Gasteiger partial charge in [0.25, 0.3) is 5.91 Å². The molecule has 16 heavy (non-hydrogen) atoms. The second-order valence-electron chi connectivity index (χ2n) is 3.10. The maximum Gasteiger partial charge on any atom is 0.251 e. The first-order chi connectivity index (χ1) is 7.74. The van der Waals surface area contributed by atoms with Crippen molar-refractivity contribution < 1.29 is 9.53 Å². The third-order valence-corrected chi connectivity index (χ3v) is 1.83. The molecule has 0 aliphatic carbocycles. The highest BCUT2D eigenvalue weighted by atomic mass is 16.5. The van der Waals surface area contributed by atoms with Crippen molar-refractivity contribution in [2.24, 2.45) is 5.73 Å². The van der Waals surface area contributed by atoms with Crippen LogP contribution < -0.4 is 16.6 Å². The molecule has 0 saturated heterocycles. The van der Waals surface area contributed by atoms with Gasteiger partial charge in [-0.3, -0.25) is 9.59 Å². The molecule has 1 aromatic heterocycles. The third kappa shape index (κ3) is 4.24. The molecule has 4 N–H and O–H groups in total. The number of carbonyl (C=O) groups is 1. The van der Waals surface area contributed by atoms with Crippen molar-refractivity contribution in [2.45, 2.75) is 0 Å². The van der Waals surface area contributed by atoms with Gasteiger partial charge in [-0.1, -0.05) is 0 Å². The lowest BCUT2D eigenvalue weighted by Crippen LogP contribution is -2.28. The number of ether oxygens (including phenoxy) is 1. The summed E-state index contributed by atoms with van der Waals surface area (Å²) in [4.78, 5) is 24.9. The fourth-order valence-corrected chi connectivity index (χ4v) is 1.11. The number of nitrogens with one attached hydrogen (secondary N) is 2. The van der Waals surface area contributed by atoms with Crippen LogP contribution in [0.25, 0.3) is 0 Å². The monoisotopic (exact) mass is 225 g/mol. The molecular weight excluding hydrogens is 210 g/mol. The Morgan fingerprint density at radius 2 is 2.31 bits per heavy atom. The van der Waals surface area contributed by atoms with Gasteiger partial charge >= 0.3 is 0 Å². The molecule has 6 heteroatoms. The van der Waals surface area contributed by atoms with Crippen molar-refractivity contribution in [3.8, 4) is 0 Å². The van der Waals surface area contributed by atoms with E-state index in [2.05, 4.69) is 10.3 Å². The Morgan fingerprint density at radius 1 is 1.50 bits per heavy atom. The molecule has 0 spiro atoms. The van der Waals surface area contributed by atoms with Crippen LogP contribution in [0, 0.1) is 0 Å². The smallest absolute Gasteiger partial charge is 0.251 e. The van der Waals surface area contributed by atoms with Crippen molar-refractivity contribution in [2.75, 3.05) is 26.3 Å². The summed E-state index contributed by atoms with van der Waals surface area (Å²) in [5.74, 6) is -0.289. The minimum Gasteiger partial charge on any atom is -0.378 e. The quantitative estimate of drug-likeness (QED) is 0.545. The highest BCUT2D eigenvalue weighted by Gasteiger charge is 2.04. The second kappa shape index (κ2) is 6.76. The topological polar surface area (TPSA) is 97.2 Å². The number of hydrogen-bond donors (Lipinski definition) is 3. The van der Waals surface area contributed by atoms with E-state index in [9.17, 15) is 9.59 Å². The van der Waals surface area contributed by atoms with Crippen molar-refractivity contribution >= 4 is 5.91 Å². The van der Waals surface area contributed by atoms with Crippen LogP contribution in [0.4, 0.5) is 0 Å². The molecule has 0 unspecified atom stereocenters. The Kier molecular flexibility index (Phi) is 5.24. The van der Waals surface area contributed by atoms with Crippen molar-refractivity contribution in [1.29, 1.82) is 0 Å². The summed E-state index contributed by atoms with van der Waals surface area (Å²) in [6, 6.07) is 2.79. The number of carbonyl (C=O) groups excluding carboxylic acids is 1. The standard InChI is InChI=1S/C10H15N3O3/c11-2-5-16-6-4-13-10(15)8-1-3-12-9(14)7-8/h1,3,7H,2,4-6,11H2,(H,12,14)(H,13,15). The average molecular weight is 225 g/mol. The van der Waals surface area contributed by atoms with Crippen LogP contribution >= 0.6 is 0 Å². The van der Waals surface area contributed by atoms with Gasteiger partial charge in [-0.15, -0.1) is 0 Å². The first kappa shape index (κ1) is 12.4. The molecule has 88 valence electrons. The molecule has 1 amide bonds. The van der Waals surface area contributed by atoms with E-state index in [0.717, 1.165) is 0 Å². The molecule has 0 fully saturated rings. The average Bonchev–Trinajstić information content (AvgIpc) is 2.28. The van der Waals surface area contributed by atoms with Crippen LogP contribution in [0.3, 0.4) is 0 Å². The summed E-state index contributed by atoms with van der Waals surface area (Å²) in [6.07, 6.45) is 1.43. The van der Waals surface area contributed by atoms with Crippen molar-refractivity contribution in [3.63, 3.8) is 0 Å². The van der Waals surface area contributed by atoms with E-state index >= 15 is 0 Å². The molecule has 0 saturated carbocycles. The van der Waals surface area contributed by atoms with Gasteiger partial charge in [0.15, 0.2) is 0 Å². The Labute approximate surface area is 92.8 Å². The minimum absolute atomic E-state index is 0.289.